The lowest BCUT2D eigenvalue weighted by Crippen LogP contribution is -2.50. The highest BCUT2D eigenvalue weighted by Gasteiger charge is 2.27. The highest BCUT2D eigenvalue weighted by atomic mass is 35.5. The van der Waals surface area contributed by atoms with Crippen molar-refractivity contribution < 1.29 is 4.79 Å². The van der Waals surface area contributed by atoms with Crippen molar-refractivity contribution in [1.29, 1.82) is 0 Å². The van der Waals surface area contributed by atoms with Crippen LogP contribution in [-0.4, -0.2) is 35.5 Å². The maximum atomic E-state index is 12.2. The maximum Gasteiger partial charge on any atom is 0.251 e. The largest absolute Gasteiger partial charge is 0.398 e. The second kappa shape index (κ2) is 6.24. The number of benzene rings is 1. The van der Waals surface area contributed by atoms with Crippen LogP contribution in [0.1, 0.15) is 44.0 Å². The van der Waals surface area contributed by atoms with E-state index in [0.717, 1.165) is 25.9 Å². The minimum absolute atomic E-state index is 0.0763. The lowest BCUT2D eigenvalue weighted by molar-refractivity contribution is 0.0812. The topological polar surface area (TPSA) is 58.4 Å². The number of amides is 1. The fourth-order valence-electron chi connectivity index (χ4n) is 2.65. The van der Waals surface area contributed by atoms with Crippen LogP contribution in [-0.2, 0) is 0 Å². The third-order valence-corrected chi connectivity index (χ3v) is 4.38. The first-order valence-electron chi connectivity index (χ1n) is 7.38. The van der Waals surface area contributed by atoms with Gasteiger partial charge in [0.2, 0.25) is 0 Å². The van der Waals surface area contributed by atoms with Crippen LogP contribution in [0, 0.1) is 0 Å². The number of nitrogen functional groups attached to an aromatic ring is 1. The van der Waals surface area contributed by atoms with Crippen molar-refractivity contribution in [3.05, 3.63) is 28.8 Å². The number of nitrogens with one attached hydrogen (secondary N) is 1. The van der Waals surface area contributed by atoms with Crippen molar-refractivity contribution in [2.24, 2.45) is 0 Å². The number of nitrogens with zero attached hydrogens (tertiary/aromatic N) is 1. The summed E-state index contributed by atoms with van der Waals surface area (Å²) in [5.41, 5.74) is 6.93. The van der Waals surface area contributed by atoms with Gasteiger partial charge in [0.25, 0.3) is 5.91 Å². The van der Waals surface area contributed by atoms with Crippen LogP contribution in [0.2, 0.25) is 5.02 Å². The van der Waals surface area contributed by atoms with Gasteiger partial charge in [-0.15, -0.1) is 0 Å². The number of halogens is 1. The second-order valence-electron chi connectivity index (χ2n) is 6.64. The molecule has 1 heterocycles. The highest BCUT2D eigenvalue weighted by molar-refractivity contribution is 6.33. The molecule has 1 saturated heterocycles. The third-order valence-electron chi connectivity index (χ3n) is 4.04. The van der Waals surface area contributed by atoms with E-state index >= 15 is 0 Å². The zero-order valence-electron chi connectivity index (χ0n) is 12.9. The van der Waals surface area contributed by atoms with Crippen molar-refractivity contribution in [1.82, 2.24) is 10.2 Å². The van der Waals surface area contributed by atoms with Gasteiger partial charge in [-0.2, -0.15) is 0 Å². The van der Waals surface area contributed by atoms with Gasteiger partial charge >= 0.3 is 0 Å². The van der Waals surface area contributed by atoms with E-state index in [2.05, 4.69) is 31.0 Å². The van der Waals surface area contributed by atoms with Crippen LogP contribution >= 0.6 is 11.6 Å². The Morgan fingerprint density at radius 2 is 1.95 bits per heavy atom. The molecule has 3 N–H and O–H groups in total. The normalized spacial score (nSPS) is 17.7. The molecule has 0 saturated carbocycles. The summed E-state index contributed by atoms with van der Waals surface area (Å²) in [6.07, 6.45) is 1.96. The molecule has 0 atom stereocenters. The molecule has 1 amide bonds. The molecule has 0 spiro atoms. The van der Waals surface area contributed by atoms with Gasteiger partial charge in [-0.1, -0.05) is 11.6 Å². The molecule has 1 aromatic carbocycles. The van der Waals surface area contributed by atoms with Crippen molar-refractivity contribution in [3.63, 3.8) is 0 Å². The number of piperidine rings is 1. The Balaban J connectivity index is 1.91. The number of nitrogens with two attached hydrogens (primary N) is 1. The summed E-state index contributed by atoms with van der Waals surface area (Å²) in [4.78, 5) is 14.7. The van der Waals surface area contributed by atoms with Crippen LogP contribution in [0.15, 0.2) is 18.2 Å². The Morgan fingerprint density at radius 1 is 1.33 bits per heavy atom. The number of rotatable bonds is 2. The fraction of sp³-hybridized carbons (Fsp3) is 0.562. The fourth-order valence-corrected chi connectivity index (χ4v) is 2.77. The van der Waals surface area contributed by atoms with E-state index in [9.17, 15) is 4.79 Å². The zero-order valence-corrected chi connectivity index (χ0v) is 13.7. The van der Waals surface area contributed by atoms with Crippen LogP contribution in [0.3, 0.4) is 0 Å². The summed E-state index contributed by atoms with van der Waals surface area (Å²) < 4.78 is 0. The number of anilines is 1. The minimum atomic E-state index is -0.0763. The first kappa shape index (κ1) is 16.1. The molecule has 1 aromatic rings. The molecule has 0 aliphatic carbocycles. The van der Waals surface area contributed by atoms with Gasteiger partial charge in [0.05, 0.1) is 10.7 Å². The van der Waals surface area contributed by atoms with E-state index in [4.69, 9.17) is 17.3 Å². The number of hydrogen-bond donors (Lipinski definition) is 2. The van der Waals surface area contributed by atoms with E-state index in [1.54, 1.807) is 18.2 Å². The molecule has 2 rings (SSSR count). The molecule has 0 aromatic heterocycles. The van der Waals surface area contributed by atoms with Crippen molar-refractivity contribution in [2.45, 2.75) is 45.2 Å². The quantitative estimate of drug-likeness (QED) is 0.826. The van der Waals surface area contributed by atoms with Gasteiger partial charge in [0.1, 0.15) is 0 Å². The summed E-state index contributed by atoms with van der Waals surface area (Å²) in [6.45, 7) is 8.70. The Kier molecular flexibility index (Phi) is 4.79. The van der Waals surface area contributed by atoms with Crippen molar-refractivity contribution >= 4 is 23.2 Å². The predicted molar refractivity (Wildman–Crippen MR) is 87.7 cm³/mol. The third kappa shape index (κ3) is 4.11. The monoisotopic (exact) mass is 309 g/mol. The van der Waals surface area contributed by atoms with Gasteiger partial charge in [0, 0.05) is 30.2 Å². The average Bonchev–Trinajstić information content (AvgIpc) is 2.41. The smallest absolute Gasteiger partial charge is 0.251 e. The number of hydrogen-bond acceptors (Lipinski definition) is 3. The van der Waals surface area contributed by atoms with Crippen LogP contribution in [0.4, 0.5) is 5.69 Å². The van der Waals surface area contributed by atoms with E-state index in [1.807, 2.05) is 0 Å². The Bertz CT molecular complexity index is 517. The summed E-state index contributed by atoms with van der Waals surface area (Å²) in [5.74, 6) is -0.0763. The van der Waals surface area contributed by atoms with Gasteiger partial charge in [-0.25, -0.2) is 0 Å². The maximum absolute atomic E-state index is 12.2. The molecule has 0 unspecified atom stereocenters. The van der Waals surface area contributed by atoms with Gasteiger partial charge < -0.3 is 11.1 Å². The number of carbonyl (C=O) groups excluding carboxylic acids is 1. The lowest BCUT2D eigenvalue weighted by Gasteiger charge is -2.41. The molecule has 5 heteroatoms. The molecular formula is C16H24ClN3O. The summed E-state index contributed by atoms with van der Waals surface area (Å²) in [7, 11) is 0. The summed E-state index contributed by atoms with van der Waals surface area (Å²) in [5, 5.41) is 3.57. The summed E-state index contributed by atoms with van der Waals surface area (Å²) in [6, 6.07) is 5.22. The molecule has 0 radical (unpaired) electrons. The van der Waals surface area contributed by atoms with Gasteiger partial charge in [0.15, 0.2) is 0 Å². The van der Waals surface area contributed by atoms with Crippen LogP contribution < -0.4 is 11.1 Å². The number of carbonyl (C=O) groups is 1. The molecule has 116 valence electrons. The molecule has 4 nitrogen and oxygen atoms in total. The van der Waals surface area contributed by atoms with E-state index in [-0.39, 0.29) is 17.5 Å². The van der Waals surface area contributed by atoms with E-state index in [1.165, 1.54) is 0 Å². The first-order chi connectivity index (χ1) is 9.77. The molecule has 0 bridgehead atoms. The van der Waals surface area contributed by atoms with Gasteiger partial charge in [-0.3, -0.25) is 9.69 Å². The minimum Gasteiger partial charge on any atom is -0.398 e. The van der Waals surface area contributed by atoms with Crippen LogP contribution in [0.5, 0.6) is 0 Å². The molecule has 1 aliphatic heterocycles. The van der Waals surface area contributed by atoms with Crippen molar-refractivity contribution in [3.8, 4) is 0 Å². The molecule has 21 heavy (non-hydrogen) atoms. The predicted octanol–water partition coefficient (Wildman–Crippen LogP) is 2.91. The first-order valence-corrected chi connectivity index (χ1v) is 7.76. The number of likely N-dealkylation sites (tertiary alicyclic amines) is 1. The Morgan fingerprint density at radius 3 is 2.48 bits per heavy atom. The van der Waals surface area contributed by atoms with E-state index < -0.39 is 0 Å². The molecular weight excluding hydrogens is 286 g/mol. The van der Waals surface area contributed by atoms with E-state index in [0.29, 0.717) is 16.3 Å². The SMILES string of the molecule is CC(C)(C)N1CCC(NC(=O)c2ccc(Cl)c(N)c2)CC1. The molecule has 1 aliphatic rings. The van der Waals surface area contributed by atoms with Crippen molar-refractivity contribution in [2.75, 3.05) is 18.8 Å². The summed E-state index contributed by atoms with van der Waals surface area (Å²) >= 11 is 5.87. The Hall–Kier alpha value is -1.26. The Labute approximate surface area is 131 Å². The molecule has 1 fully saturated rings. The van der Waals surface area contributed by atoms with Gasteiger partial charge in [-0.05, 0) is 51.8 Å². The average molecular weight is 310 g/mol. The zero-order chi connectivity index (χ0) is 15.6. The second-order valence-corrected chi connectivity index (χ2v) is 7.05. The highest BCUT2D eigenvalue weighted by Crippen LogP contribution is 2.22. The standard InChI is InChI=1S/C16H24ClN3O/c1-16(2,3)20-8-6-12(7-9-20)19-15(21)11-4-5-13(17)14(18)10-11/h4-5,10,12H,6-9,18H2,1-3H3,(H,19,21). The van der Waals surface area contributed by atoms with Crippen LogP contribution in [0.25, 0.3) is 0 Å². The lowest BCUT2D eigenvalue weighted by atomic mass is 9.98.